The lowest BCUT2D eigenvalue weighted by molar-refractivity contribution is -0.141. The van der Waals surface area contributed by atoms with Crippen molar-refractivity contribution in [1.82, 2.24) is 10.2 Å². The first-order valence-corrected chi connectivity index (χ1v) is 13.4. The Labute approximate surface area is 214 Å². The van der Waals surface area contributed by atoms with E-state index in [2.05, 4.69) is 5.32 Å². The van der Waals surface area contributed by atoms with Crippen molar-refractivity contribution in [3.05, 3.63) is 64.7 Å². The highest BCUT2D eigenvalue weighted by molar-refractivity contribution is 7.92. The van der Waals surface area contributed by atoms with Gasteiger partial charge < -0.3 is 10.2 Å². The first-order chi connectivity index (χ1) is 16.8. The number of benzene rings is 2. The fourth-order valence-electron chi connectivity index (χ4n) is 3.71. The summed E-state index contributed by atoms with van der Waals surface area (Å²) in [5, 5.41) is 3.06. The van der Waals surface area contributed by atoms with E-state index in [-0.39, 0.29) is 37.5 Å². The Morgan fingerprint density at radius 1 is 1.11 bits per heavy atom. The number of anilines is 1. The van der Waals surface area contributed by atoms with Gasteiger partial charge >= 0.3 is 6.18 Å². The Kier molecular flexibility index (Phi) is 10.2. The number of amides is 2. The third-order valence-electron chi connectivity index (χ3n) is 5.51. The lowest BCUT2D eigenvalue weighted by Crippen LogP contribution is -2.48. The number of hydrogen-bond acceptors (Lipinski definition) is 4. The number of carbonyl (C=O) groups is 2. The molecule has 0 aliphatic carbocycles. The van der Waals surface area contributed by atoms with Crippen molar-refractivity contribution in [2.24, 2.45) is 0 Å². The largest absolute Gasteiger partial charge is 0.416 e. The summed E-state index contributed by atoms with van der Waals surface area (Å²) in [6.07, 6.45) is -3.48. The van der Waals surface area contributed by atoms with Crippen LogP contribution in [0.4, 0.5) is 18.9 Å². The molecule has 12 heteroatoms. The van der Waals surface area contributed by atoms with Crippen LogP contribution in [0.2, 0.25) is 5.02 Å². The van der Waals surface area contributed by atoms with Crippen LogP contribution >= 0.6 is 11.6 Å². The highest BCUT2D eigenvalue weighted by Gasteiger charge is 2.32. The molecule has 0 spiro atoms. The van der Waals surface area contributed by atoms with Crippen LogP contribution in [-0.4, -0.2) is 51.0 Å². The highest BCUT2D eigenvalue weighted by Crippen LogP contribution is 2.32. The van der Waals surface area contributed by atoms with E-state index in [0.29, 0.717) is 11.4 Å². The molecule has 0 fully saturated rings. The molecule has 1 atom stereocenters. The maximum Gasteiger partial charge on any atom is 0.416 e. The summed E-state index contributed by atoms with van der Waals surface area (Å²) in [6.45, 7) is 1.68. The third-order valence-corrected chi connectivity index (χ3v) is 6.96. The SMILES string of the molecule is CC[C@H](C(=O)NC)N(Cc1ccc(Cl)cc1)C(=O)CCCN(c1cccc(C(F)(F)F)c1)S(C)(=O)=O. The number of rotatable bonds is 11. The Morgan fingerprint density at radius 3 is 2.28 bits per heavy atom. The Balaban J connectivity index is 2.22. The molecule has 0 radical (unpaired) electrons. The zero-order valence-electron chi connectivity index (χ0n) is 20.2. The average molecular weight is 548 g/mol. The van der Waals surface area contributed by atoms with Crippen LogP contribution < -0.4 is 9.62 Å². The van der Waals surface area contributed by atoms with Gasteiger partial charge in [-0.05, 0) is 48.7 Å². The van der Waals surface area contributed by atoms with Gasteiger partial charge in [-0.1, -0.05) is 36.7 Å². The molecular formula is C24H29ClF3N3O4S. The minimum absolute atomic E-state index is 0.0312. The standard InChI is InChI=1S/C24H29ClF3N3O4S/c1-4-21(23(33)29-2)30(16-17-10-12-19(25)13-11-17)22(32)9-6-14-31(36(3,34)35)20-8-5-7-18(15-20)24(26,27)28/h5,7-8,10-13,15,21H,4,6,9,14,16H2,1-3H3,(H,29,33)/t21-/m1/s1. The van der Waals surface area contributed by atoms with Gasteiger partial charge in [-0.25, -0.2) is 8.42 Å². The van der Waals surface area contributed by atoms with Crippen LogP contribution in [0.3, 0.4) is 0 Å². The molecule has 2 aromatic carbocycles. The van der Waals surface area contributed by atoms with Crippen LogP contribution in [-0.2, 0) is 32.3 Å². The predicted octanol–water partition coefficient (Wildman–Crippen LogP) is 4.46. The Bertz CT molecular complexity index is 1160. The zero-order valence-corrected chi connectivity index (χ0v) is 21.8. The second kappa shape index (κ2) is 12.4. The van der Waals surface area contributed by atoms with Crippen LogP contribution in [0, 0.1) is 0 Å². The van der Waals surface area contributed by atoms with E-state index in [0.717, 1.165) is 34.3 Å². The average Bonchev–Trinajstić information content (AvgIpc) is 2.81. The smallest absolute Gasteiger partial charge is 0.357 e. The lowest BCUT2D eigenvalue weighted by Gasteiger charge is -2.31. The van der Waals surface area contributed by atoms with Crippen molar-refractivity contribution in [1.29, 1.82) is 0 Å². The fraction of sp³-hybridized carbons (Fsp3) is 0.417. The monoisotopic (exact) mass is 547 g/mol. The molecule has 2 rings (SSSR count). The van der Waals surface area contributed by atoms with Gasteiger partial charge in [0.1, 0.15) is 6.04 Å². The van der Waals surface area contributed by atoms with Crippen LogP contribution in [0.15, 0.2) is 48.5 Å². The lowest BCUT2D eigenvalue weighted by atomic mass is 10.1. The van der Waals surface area contributed by atoms with E-state index in [9.17, 15) is 31.2 Å². The van der Waals surface area contributed by atoms with Crippen molar-refractivity contribution >= 4 is 39.1 Å². The second-order valence-corrected chi connectivity index (χ2v) is 10.5. The molecule has 0 unspecified atom stereocenters. The van der Waals surface area contributed by atoms with E-state index >= 15 is 0 Å². The van der Waals surface area contributed by atoms with Gasteiger partial charge in [-0.15, -0.1) is 0 Å². The number of carbonyl (C=O) groups excluding carboxylic acids is 2. The number of nitrogens with zero attached hydrogens (tertiary/aromatic N) is 2. The van der Waals surface area contributed by atoms with Crippen molar-refractivity contribution in [2.45, 2.75) is 44.9 Å². The first-order valence-electron chi connectivity index (χ1n) is 11.2. The van der Waals surface area contributed by atoms with E-state index in [1.807, 2.05) is 0 Å². The molecule has 0 aromatic heterocycles. The molecule has 0 saturated heterocycles. The van der Waals surface area contributed by atoms with E-state index in [1.54, 1.807) is 31.2 Å². The van der Waals surface area contributed by atoms with Crippen LogP contribution in [0.1, 0.15) is 37.3 Å². The Hall–Kier alpha value is -2.79. The fourth-order valence-corrected chi connectivity index (χ4v) is 4.80. The van der Waals surface area contributed by atoms with Gasteiger partial charge in [0.15, 0.2) is 0 Å². The molecule has 0 bridgehead atoms. The molecule has 0 saturated carbocycles. The topological polar surface area (TPSA) is 86.8 Å². The zero-order chi connectivity index (χ0) is 27.1. The summed E-state index contributed by atoms with van der Waals surface area (Å²) in [5.41, 5.74) is -0.373. The number of hydrogen-bond donors (Lipinski definition) is 1. The number of likely N-dealkylation sites (N-methyl/N-ethyl adjacent to an activating group) is 1. The van der Waals surface area contributed by atoms with Gasteiger partial charge in [-0.3, -0.25) is 13.9 Å². The van der Waals surface area contributed by atoms with E-state index in [4.69, 9.17) is 11.6 Å². The molecule has 7 nitrogen and oxygen atoms in total. The van der Waals surface area contributed by atoms with Crippen molar-refractivity contribution in [3.63, 3.8) is 0 Å². The first kappa shape index (κ1) is 29.4. The maximum atomic E-state index is 13.2. The summed E-state index contributed by atoms with van der Waals surface area (Å²) < 4.78 is 64.9. The summed E-state index contributed by atoms with van der Waals surface area (Å²) in [6, 6.07) is 10.1. The number of sulfonamides is 1. The number of alkyl halides is 3. The number of nitrogens with one attached hydrogen (secondary N) is 1. The molecule has 36 heavy (non-hydrogen) atoms. The normalized spacial score (nSPS) is 12.6. The minimum atomic E-state index is -4.63. The third kappa shape index (κ3) is 8.12. The quantitative estimate of drug-likeness (QED) is 0.450. The van der Waals surface area contributed by atoms with Gasteiger partial charge in [-0.2, -0.15) is 13.2 Å². The van der Waals surface area contributed by atoms with Crippen molar-refractivity contribution < 1.29 is 31.2 Å². The maximum absolute atomic E-state index is 13.2. The van der Waals surface area contributed by atoms with Crippen molar-refractivity contribution in [2.75, 3.05) is 24.2 Å². The molecule has 0 heterocycles. The summed E-state index contributed by atoms with van der Waals surface area (Å²) >= 11 is 5.93. The van der Waals surface area contributed by atoms with Crippen molar-refractivity contribution in [3.8, 4) is 0 Å². The Morgan fingerprint density at radius 2 is 1.75 bits per heavy atom. The van der Waals surface area contributed by atoms with Crippen LogP contribution in [0.5, 0.6) is 0 Å². The van der Waals surface area contributed by atoms with E-state index in [1.165, 1.54) is 18.0 Å². The van der Waals surface area contributed by atoms with Gasteiger partial charge in [0.05, 0.1) is 17.5 Å². The molecule has 2 aromatic rings. The summed E-state index contributed by atoms with van der Waals surface area (Å²) in [7, 11) is -2.46. The molecule has 0 aliphatic rings. The second-order valence-electron chi connectivity index (χ2n) is 8.17. The predicted molar refractivity (Wildman–Crippen MR) is 133 cm³/mol. The van der Waals surface area contributed by atoms with E-state index < -0.39 is 33.7 Å². The number of halogens is 4. The molecule has 1 N–H and O–H groups in total. The summed E-state index contributed by atoms with van der Waals surface area (Å²) in [4.78, 5) is 27.0. The molecule has 2 amide bonds. The molecule has 198 valence electrons. The summed E-state index contributed by atoms with van der Waals surface area (Å²) in [5.74, 6) is -0.737. The molecule has 0 aliphatic heterocycles. The minimum Gasteiger partial charge on any atom is -0.357 e. The van der Waals surface area contributed by atoms with Gasteiger partial charge in [0.2, 0.25) is 21.8 Å². The van der Waals surface area contributed by atoms with Gasteiger partial charge in [0, 0.05) is 31.6 Å². The van der Waals surface area contributed by atoms with Gasteiger partial charge in [0.25, 0.3) is 0 Å². The highest BCUT2D eigenvalue weighted by atomic mass is 35.5. The molecular weight excluding hydrogens is 519 g/mol. The van der Waals surface area contributed by atoms with Crippen LogP contribution in [0.25, 0.3) is 0 Å².